The van der Waals surface area contributed by atoms with Crippen molar-refractivity contribution in [2.24, 2.45) is 0 Å². The molecule has 0 spiro atoms. The Morgan fingerprint density at radius 1 is 0.420 bits per heavy atom. The molecule has 0 saturated heterocycles. The summed E-state index contributed by atoms with van der Waals surface area (Å²) in [5, 5.41) is 4.55. The second-order valence-corrected chi connectivity index (χ2v) is 20.3. The fourth-order valence-corrected chi connectivity index (χ4v) is 9.52. The van der Waals surface area contributed by atoms with E-state index in [1.807, 2.05) is 18.2 Å². The van der Waals surface area contributed by atoms with Gasteiger partial charge in [-0.15, -0.1) is 0 Å². The van der Waals surface area contributed by atoms with Crippen LogP contribution in [0.4, 0.5) is 0 Å². The number of rotatable bonds is 11. The molecule has 5 aromatic carbocycles. The monoisotopic (exact) mass is 692 g/mol. The standard InChI is InChI=1S/C46H61O3P/c1-13-43(5,6)35-23-21-31-27-38(39(28-33(31)25-35)45(9,10)15-3)37-19-17-18-20-41(37)50(47,48,49)42-30-32-22-24-36(44(7,8)14-2)26-34(32)29-40(42)46(11,12)16-4/h17-30,47-49H,13-16H2,1-12H3. The first kappa shape index (κ1) is 38.2. The molecule has 50 heavy (non-hydrogen) atoms. The Hall–Kier alpha value is -3.07. The van der Waals surface area contributed by atoms with Gasteiger partial charge in [0, 0.05) is 0 Å². The Morgan fingerprint density at radius 2 is 0.860 bits per heavy atom. The molecule has 0 heterocycles. The zero-order valence-electron chi connectivity index (χ0n) is 32.7. The summed E-state index contributed by atoms with van der Waals surface area (Å²) < 4.78 is 0. The van der Waals surface area contributed by atoms with Gasteiger partial charge in [-0.2, -0.15) is 0 Å². The molecule has 0 fully saturated rings. The minimum absolute atomic E-state index is 0.00792. The van der Waals surface area contributed by atoms with Gasteiger partial charge in [0.1, 0.15) is 0 Å². The maximum absolute atomic E-state index is 12.7. The molecule has 5 aromatic rings. The molecule has 0 amide bonds. The van der Waals surface area contributed by atoms with E-state index in [0.29, 0.717) is 5.56 Å². The van der Waals surface area contributed by atoms with Gasteiger partial charge in [0.25, 0.3) is 0 Å². The third-order valence-corrected chi connectivity index (χ3v) is 15.1. The van der Waals surface area contributed by atoms with Gasteiger partial charge in [-0.1, -0.05) is 0 Å². The molecular formula is C46H61O3P. The van der Waals surface area contributed by atoms with Crippen molar-refractivity contribution in [1.82, 2.24) is 0 Å². The summed E-state index contributed by atoms with van der Waals surface area (Å²) in [5.74, 6) is 0. The van der Waals surface area contributed by atoms with E-state index < -0.39 is 12.7 Å². The molecule has 5 rings (SSSR count). The summed E-state index contributed by atoms with van der Waals surface area (Å²) in [6, 6.07) is 28.9. The fraction of sp³-hybridized carbons (Fsp3) is 0.435. The molecule has 0 aliphatic carbocycles. The van der Waals surface area contributed by atoms with E-state index in [-0.39, 0.29) is 26.9 Å². The SMILES string of the molecule is CCC(C)(C)c1ccc2cc(-c3ccccc3P(O)(O)(O)c3cc4ccc(C(C)(C)CC)cc4cc3C(C)(C)CC)c(C(C)(C)CC)cc2c1. The van der Waals surface area contributed by atoms with Gasteiger partial charge >= 0.3 is 303 Å². The predicted molar refractivity (Wildman–Crippen MR) is 219 cm³/mol. The Labute approximate surface area is 302 Å². The quantitative estimate of drug-likeness (QED) is 0.121. The van der Waals surface area contributed by atoms with Crippen molar-refractivity contribution in [3.8, 4) is 11.1 Å². The molecule has 0 aromatic heterocycles. The third-order valence-electron chi connectivity index (χ3n) is 12.6. The summed E-state index contributed by atoms with van der Waals surface area (Å²) >= 11 is 0. The van der Waals surface area contributed by atoms with Crippen LogP contribution < -0.4 is 10.6 Å². The van der Waals surface area contributed by atoms with Crippen molar-refractivity contribution in [2.45, 2.75) is 130 Å². The number of fused-ring (bicyclic) bond motifs is 2. The molecule has 0 aliphatic rings. The van der Waals surface area contributed by atoms with Crippen molar-refractivity contribution in [1.29, 1.82) is 0 Å². The van der Waals surface area contributed by atoms with E-state index in [0.717, 1.165) is 58.5 Å². The van der Waals surface area contributed by atoms with E-state index in [2.05, 4.69) is 138 Å². The number of benzene rings is 5. The Kier molecular flexibility index (Phi) is 9.81. The Balaban J connectivity index is 1.83. The van der Waals surface area contributed by atoms with E-state index in [1.54, 1.807) is 12.1 Å². The van der Waals surface area contributed by atoms with E-state index in [1.165, 1.54) is 16.5 Å². The summed E-state index contributed by atoms with van der Waals surface area (Å²) in [4.78, 5) is 38.2. The van der Waals surface area contributed by atoms with Crippen molar-refractivity contribution in [2.75, 3.05) is 0 Å². The van der Waals surface area contributed by atoms with Crippen LogP contribution in [0.3, 0.4) is 0 Å². The van der Waals surface area contributed by atoms with Crippen molar-refractivity contribution < 1.29 is 14.7 Å². The van der Waals surface area contributed by atoms with E-state index in [4.69, 9.17) is 0 Å². The average molecular weight is 693 g/mol. The topological polar surface area (TPSA) is 60.7 Å². The van der Waals surface area contributed by atoms with Crippen LogP contribution in [0.1, 0.15) is 131 Å². The normalized spacial score (nSPS) is 14.3. The van der Waals surface area contributed by atoms with Gasteiger partial charge in [-0.25, -0.2) is 0 Å². The van der Waals surface area contributed by atoms with Gasteiger partial charge in [-0.05, 0) is 0 Å². The van der Waals surface area contributed by atoms with Crippen LogP contribution in [-0.4, -0.2) is 14.7 Å². The molecule has 0 bridgehead atoms. The van der Waals surface area contributed by atoms with Crippen LogP contribution in [0.2, 0.25) is 0 Å². The van der Waals surface area contributed by atoms with Crippen LogP contribution in [-0.2, 0) is 21.7 Å². The van der Waals surface area contributed by atoms with Crippen LogP contribution in [0, 0.1) is 0 Å². The van der Waals surface area contributed by atoms with Gasteiger partial charge in [0.2, 0.25) is 0 Å². The van der Waals surface area contributed by atoms with Gasteiger partial charge in [0.15, 0.2) is 0 Å². The van der Waals surface area contributed by atoms with Crippen LogP contribution in [0.5, 0.6) is 0 Å². The molecule has 0 saturated carbocycles. The Morgan fingerprint density at radius 3 is 1.36 bits per heavy atom. The third kappa shape index (κ3) is 6.68. The summed E-state index contributed by atoms with van der Waals surface area (Å²) in [5.41, 5.74) is 5.40. The summed E-state index contributed by atoms with van der Waals surface area (Å²) in [6.45, 7) is 26.6. The first-order chi connectivity index (χ1) is 23.1. The summed E-state index contributed by atoms with van der Waals surface area (Å²) in [6.07, 6.45) is 3.70. The zero-order chi connectivity index (χ0) is 37.1. The Bertz CT molecular complexity index is 2060. The van der Waals surface area contributed by atoms with E-state index in [9.17, 15) is 14.7 Å². The molecule has 0 unspecified atom stereocenters. The van der Waals surface area contributed by atoms with Crippen LogP contribution in [0.15, 0.2) is 84.9 Å². The fourth-order valence-electron chi connectivity index (χ4n) is 7.07. The van der Waals surface area contributed by atoms with Crippen LogP contribution >= 0.6 is 7.28 Å². The van der Waals surface area contributed by atoms with Gasteiger partial charge in [-0.3, -0.25) is 0 Å². The second-order valence-electron chi connectivity index (χ2n) is 17.3. The summed E-state index contributed by atoms with van der Waals surface area (Å²) in [7, 11) is -5.74. The van der Waals surface area contributed by atoms with Crippen LogP contribution in [0.25, 0.3) is 32.7 Å². The second kappa shape index (κ2) is 12.9. The van der Waals surface area contributed by atoms with Crippen molar-refractivity contribution >= 4 is 39.4 Å². The van der Waals surface area contributed by atoms with Gasteiger partial charge < -0.3 is 0 Å². The molecule has 0 aliphatic heterocycles. The average Bonchev–Trinajstić information content (AvgIpc) is 3.09. The maximum atomic E-state index is 12.7. The molecule has 3 nitrogen and oxygen atoms in total. The predicted octanol–water partition coefficient (Wildman–Crippen LogP) is 11.6. The van der Waals surface area contributed by atoms with Crippen molar-refractivity contribution in [3.05, 3.63) is 107 Å². The first-order valence-corrected chi connectivity index (χ1v) is 20.7. The molecular weight excluding hydrogens is 631 g/mol. The van der Waals surface area contributed by atoms with E-state index >= 15 is 0 Å². The molecule has 0 atom stereocenters. The molecule has 0 radical (unpaired) electrons. The molecule has 3 N–H and O–H groups in total. The molecule has 268 valence electrons. The van der Waals surface area contributed by atoms with Gasteiger partial charge in [0.05, 0.1) is 0 Å². The zero-order valence-corrected chi connectivity index (χ0v) is 33.6. The first-order valence-electron chi connectivity index (χ1n) is 18.7. The minimum atomic E-state index is -5.74. The number of hydrogen-bond donors (Lipinski definition) is 3. The number of hydrogen-bond acceptors (Lipinski definition) is 3. The molecule has 4 heteroatoms. The van der Waals surface area contributed by atoms with Crippen molar-refractivity contribution in [3.63, 3.8) is 0 Å².